The lowest BCUT2D eigenvalue weighted by molar-refractivity contribution is -0.136. The monoisotopic (exact) mass is 526 g/mol. The second-order valence-electron chi connectivity index (χ2n) is 8.85. The number of piperidine rings is 1. The Labute approximate surface area is 219 Å². The third-order valence-corrected chi connectivity index (χ3v) is 6.70. The van der Waals surface area contributed by atoms with Crippen LogP contribution in [0, 0.1) is 0 Å². The molecule has 0 N–H and O–H groups in total. The van der Waals surface area contributed by atoms with E-state index in [1.165, 1.54) is 4.90 Å². The quantitative estimate of drug-likeness (QED) is 0.434. The Bertz CT molecular complexity index is 1260. The molecule has 0 saturated carbocycles. The van der Waals surface area contributed by atoms with Gasteiger partial charge in [0.05, 0.1) is 6.61 Å². The molecule has 2 amide bonds. The van der Waals surface area contributed by atoms with Gasteiger partial charge in [-0.15, -0.1) is 0 Å². The fourth-order valence-electron chi connectivity index (χ4n) is 4.49. The standard InChI is InChI=1S/C26H27ClN4O6/c1-34-13-12-30(26(33)18-7-10-21-22(14-18)36-16-35-21)15-23(32)31-11-3-2-4-20(31)25-28-24(29-37-25)17-5-8-19(27)9-6-17/h5-10,14,20H,2-4,11-13,15-16H2,1H3. The Morgan fingerprint density at radius 3 is 2.76 bits per heavy atom. The van der Waals surface area contributed by atoms with Gasteiger partial charge in [0.25, 0.3) is 5.91 Å². The highest BCUT2D eigenvalue weighted by Crippen LogP contribution is 2.34. The predicted octanol–water partition coefficient (Wildman–Crippen LogP) is 3.96. The van der Waals surface area contributed by atoms with E-state index in [9.17, 15) is 9.59 Å². The maximum atomic E-state index is 13.5. The molecule has 5 rings (SSSR count). The van der Waals surface area contributed by atoms with Crippen molar-refractivity contribution in [1.29, 1.82) is 0 Å². The molecule has 1 aromatic heterocycles. The molecule has 1 unspecified atom stereocenters. The van der Waals surface area contributed by atoms with Crippen molar-refractivity contribution in [3.63, 3.8) is 0 Å². The van der Waals surface area contributed by atoms with Crippen molar-refractivity contribution in [2.75, 3.05) is 40.1 Å². The van der Waals surface area contributed by atoms with Crippen molar-refractivity contribution < 1.29 is 28.3 Å². The molecule has 2 aliphatic rings. The van der Waals surface area contributed by atoms with E-state index in [4.69, 9.17) is 30.3 Å². The number of ether oxygens (including phenoxy) is 3. The molecule has 10 nitrogen and oxygen atoms in total. The van der Waals surface area contributed by atoms with Crippen molar-refractivity contribution in [3.8, 4) is 22.9 Å². The number of methoxy groups -OCH3 is 1. The molecule has 0 spiro atoms. The molecular weight excluding hydrogens is 500 g/mol. The minimum absolute atomic E-state index is 0.106. The summed E-state index contributed by atoms with van der Waals surface area (Å²) < 4.78 is 21.5. The number of fused-ring (bicyclic) bond motifs is 1. The molecule has 2 aromatic carbocycles. The van der Waals surface area contributed by atoms with Gasteiger partial charge in [0, 0.05) is 36.3 Å². The van der Waals surface area contributed by atoms with E-state index in [1.807, 2.05) is 12.1 Å². The van der Waals surface area contributed by atoms with Crippen molar-refractivity contribution in [2.24, 2.45) is 0 Å². The summed E-state index contributed by atoms with van der Waals surface area (Å²) >= 11 is 5.98. The van der Waals surface area contributed by atoms with Gasteiger partial charge in [0.2, 0.25) is 24.4 Å². The minimum Gasteiger partial charge on any atom is -0.454 e. The maximum Gasteiger partial charge on any atom is 0.254 e. The molecule has 194 valence electrons. The summed E-state index contributed by atoms with van der Waals surface area (Å²) in [5.74, 6) is 1.42. The highest BCUT2D eigenvalue weighted by Gasteiger charge is 2.34. The normalized spacial score (nSPS) is 16.6. The van der Waals surface area contributed by atoms with Crippen LogP contribution >= 0.6 is 11.6 Å². The number of hydrogen-bond donors (Lipinski definition) is 0. The lowest BCUT2D eigenvalue weighted by Crippen LogP contribution is -2.46. The first kappa shape index (κ1) is 25.0. The molecule has 11 heteroatoms. The van der Waals surface area contributed by atoms with Crippen LogP contribution in [0.5, 0.6) is 11.5 Å². The zero-order valence-corrected chi connectivity index (χ0v) is 21.1. The van der Waals surface area contributed by atoms with Crippen LogP contribution in [-0.2, 0) is 9.53 Å². The first-order valence-electron chi connectivity index (χ1n) is 12.1. The van der Waals surface area contributed by atoms with Crippen molar-refractivity contribution in [1.82, 2.24) is 19.9 Å². The van der Waals surface area contributed by atoms with E-state index >= 15 is 0 Å². The summed E-state index contributed by atoms with van der Waals surface area (Å²) in [4.78, 5) is 34.7. The Kier molecular flexibility index (Phi) is 7.57. The van der Waals surface area contributed by atoms with Gasteiger partial charge < -0.3 is 28.5 Å². The molecule has 0 radical (unpaired) electrons. The second-order valence-corrected chi connectivity index (χ2v) is 9.29. The number of rotatable bonds is 8. The van der Waals surface area contributed by atoms with E-state index in [-0.39, 0.29) is 37.7 Å². The van der Waals surface area contributed by atoms with E-state index < -0.39 is 0 Å². The van der Waals surface area contributed by atoms with E-state index in [1.54, 1.807) is 42.3 Å². The highest BCUT2D eigenvalue weighted by molar-refractivity contribution is 6.30. The van der Waals surface area contributed by atoms with Crippen LogP contribution in [0.15, 0.2) is 47.0 Å². The lowest BCUT2D eigenvalue weighted by atomic mass is 10.0. The van der Waals surface area contributed by atoms with Gasteiger partial charge in [0.1, 0.15) is 12.6 Å². The fraction of sp³-hybridized carbons (Fsp3) is 0.385. The minimum atomic E-state index is -0.361. The van der Waals surface area contributed by atoms with Gasteiger partial charge in [-0.25, -0.2) is 0 Å². The third kappa shape index (κ3) is 5.55. The maximum absolute atomic E-state index is 13.5. The van der Waals surface area contributed by atoms with E-state index in [0.29, 0.717) is 53.4 Å². The van der Waals surface area contributed by atoms with Crippen LogP contribution in [0.3, 0.4) is 0 Å². The summed E-state index contributed by atoms with van der Waals surface area (Å²) in [7, 11) is 1.56. The number of carbonyl (C=O) groups excluding carboxylic acids is 2. The number of benzene rings is 2. The van der Waals surface area contributed by atoms with Crippen LogP contribution in [0.25, 0.3) is 11.4 Å². The Morgan fingerprint density at radius 2 is 1.95 bits per heavy atom. The summed E-state index contributed by atoms with van der Waals surface area (Å²) in [6.07, 6.45) is 2.48. The van der Waals surface area contributed by atoms with Crippen LogP contribution in [0.4, 0.5) is 0 Å². The second kappa shape index (κ2) is 11.2. The highest BCUT2D eigenvalue weighted by atomic mass is 35.5. The molecule has 2 aliphatic heterocycles. The van der Waals surface area contributed by atoms with Crippen LogP contribution < -0.4 is 9.47 Å². The van der Waals surface area contributed by atoms with Gasteiger partial charge in [-0.1, -0.05) is 16.8 Å². The number of nitrogens with zero attached hydrogens (tertiary/aromatic N) is 4. The molecule has 37 heavy (non-hydrogen) atoms. The smallest absolute Gasteiger partial charge is 0.254 e. The number of halogens is 1. The molecule has 1 atom stereocenters. The number of carbonyl (C=O) groups is 2. The number of amides is 2. The largest absolute Gasteiger partial charge is 0.454 e. The molecule has 0 aliphatic carbocycles. The van der Waals surface area contributed by atoms with Crippen molar-refractivity contribution >= 4 is 23.4 Å². The van der Waals surface area contributed by atoms with Gasteiger partial charge in [-0.3, -0.25) is 9.59 Å². The van der Waals surface area contributed by atoms with E-state index in [0.717, 1.165) is 18.4 Å². The zero-order valence-electron chi connectivity index (χ0n) is 20.4. The average Bonchev–Trinajstić information content (AvgIpc) is 3.60. The fourth-order valence-corrected chi connectivity index (χ4v) is 4.62. The van der Waals surface area contributed by atoms with Gasteiger partial charge in [0.15, 0.2) is 11.5 Å². The topological polar surface area (TPSA) is 107 Å². The molecule has 1 fully saturated rings. The number of aromatic nitrogens is 2. The van der Waals surface area contributed by atoms with Crippen molar-refractivity contribution in [3.05, 3.63) is 58.9 Å². The Balaban J connectivity index is 1.33. The van der Waals surface area contributed by atoms with Crippen LogP contribution in [-0.4, -0.2) is 71.9 Å². The first-order chi connectivity index (χ1) is 18.0. The average molecular weight is 527 g/mol. The van der Waals surface area contributed by atoms with Crippen LogP contribution in [0.2, 0.25) is 5.02 Å². The Morgan fingerprint density at radius 1 is 1.14 bits per heavy atom. The van der Waals surface area contributed by atoms with Crippen molar-refractivity contribution in [2.45, 2.75) is 25.3 Å². The third-order valence-electron chi connectivity index (χ3n) is 6.45. The molecule has 0 bridgehead atoms. The number of likely N-dealkylation sites (tertiary alicyclic amines) is 1. The number of hydrogen-bond acceptors (Lipinski definition) is 8. The molecular formula is C26H27ClN4O6. The SMILES string of the molecule is COCCN(CC(=O)N1CCCCC1c1nc(-c2ccc(Cl)cc2)no1)C(=O)c1ccc2c(c1)OCO2. The lowest BCUT2D eigenvalue weighted by Gasteiger charge is -2.35. The summed E-state index contributed by atoms with van der Waals surface area (Å²) in [5, 5.41) is 4.73. The van der Waals surface area contributed by atoms with Crippen LogP contribution in [0.1, 0.15) is 41.6 Å². The van der Waals surface area contributed by atoms with Gasteiger partial charge in [-0.05, 0) is 61.7 Å². The first-order valence-corrected chi connectivity index (χ1v) is 12.5. The summed E-state index contributed by atoms with van der Waals surface area (Å²) in [5.41, 5.74) is 1.18. The predicted molar refractivity (Wildman–Crippen MR) is 133 cm³/mol. The van der Waals surface area contributed by atoms with E-state index in [2.05, 4.69) is 10.1 Å². The Hall–Kier alpha value is -3.63. The summed E-state index contributed by atoms with van der Waals surface area (Å²) in [6, 6.07) is 11.8. The molecule has 3 heterocycles. The van der Waals surface area contributed by atoms with Gasteiger partial charge in [-0.2, -0.15) is 4.98 Å². The molecule has 1 saturated heterocycles. The summed E-state index contributed by atoms with van der Waals surface area (Å²) in [6.45, 7) is 1.10. The molecule has 3 aromatic rings. The van der Waals surface area contributed by atoms with Gasteiger partial charge >= 0.3 is 0 Å². The zero-order chi connectivity index (χ0) is 25.8.